The van der Waals surface area contributed by atoms with E-state index in [0.717, 1.165) is 0 Å². The van der Waals surface area contributed by atoms with Crippen LogP contribution in [0.4, 0.5) is 9.59 Å². The van der Waals surface area contributed by atoms with Crippen molar-refractivity contribution < 1.29 is 53.5 Å². The van der Waals surface area contributed by atoms with Gasteiger partial charge in [-0.05, 0) is 6.42 Å². The first-order valence-electron chi connectivity index (χ1n) is 3.55. The minimum atomic E-state index is -4.19. The van der Waals surface area contributed by atoms with Gasteiger partial charge in [-0.2, -0.15) is 8.42 Å². The molecule has 0 aromatic rings. The zero-order valence-corrected chi connectivity index (χ0v) is 13.4. The Labute approximate surface area is 128 Å². The Kier molecular flexibility index (Phi) is 14.6. The third-order valence-corrected chi connectivity index (χ3v) is 2.31. The van der Waals surface area contributed by atoms with Gasteiger partial charge < -0.3 is 12.5 Å². The molecule has 1 atom stereocenters. The minimum absolute atomic E-state index is 0. The van der Waals surface area contributed by atoms with Crippen LogP contribution in [0.5, 0.6) is 0 Å². The first kappa shape index (κ1) is 21.8. The van der Waals surface area contributed by atoms with Gasteiger partial charge in [0, 0.05) is 0 Å². The molecule has 0 heterocycles. The molecular weight excluding hydrogens is 287 g/mol. The zero-order valence-electron chi connectivity index (χ0n) is 9.74. The third kappa shape index (κ3) is 17.0. The van der Waals surface area contributed by atoms with Crippen molar-refractivity contribution in [2.45, 2.75) is 18.7 Å². The summed E-state index contributed by atoms with van der Waals surface area (Å²) in [7, 11) is -4.19. The van der Waals surface area contributed by atoms with E-state index >= 15 is 0 Å². The summed E-state index contributed by atoms with van der Waals surface area (Å²) in [6.45, 7) is 1.52. The Morgan fingerprint density at radius 1 is 1.50 bits per heavy atom. The molecule has 4 N–H and O–H groups in total. The molecule has 16 heavy (non-hydrogen) atoms. The maximum absolute atomic E-state index is 10.4. The molecule has 0 aliphatic carbocycles. The Morgan fingerprint density at radius 3 is 1.88 bits per heavy atom. The van der Waals surface area contributed by atoms with E-state index in [0.29, 0.717) is 0 Å². The van der Waals surface area contributed by atoms with Gasteiger partial charge in [0.05, 0.1) is 0 Å². The van der Waals surface area contributed by atoms with Crippen LogP contribution in [0.1, 0.15) is 14.8 Å². The summed E-state index contributed by atoms with van der Waals surface area (Å²) in [6, 6.07) is 0. The van der Waals surface area contributed by atoms with Crippen LogP contribution in [0.25, 0.3) is 0 Å². The third-order valence-electron chi connectivity index (χ3n) is 1.01. The van der Waals surface area contributed by atoms with Gasteiger partial charge in [0.2, 0.25) is 0 Å². The number of carbonyl (C=O) groups excluding carboxylic acids is 2. The van der Waals surface area contributed by atoms with Gasteiger partial charge in [-0.3, -0.25) is 14.1 Å². The monoisotopic (exact) mass is 300 g/mol. The van der Waals surface area contributed by atoms with Gasteiger partial charge in [0.25, 0.3) is 20.6 Å². The van der Waals surface area contributed by atoms with Crippen LogP contribution < -0.4 is 40.6 Å². The van der Waals surface area contributed by atoms with Gasteiger partial charge in [-0.15, -0.1) is 0 Å². The predicted octanol–water partition coefficient (Wildman–Crippen LogP) is -2.64. The fourth-order valence-electron chi connectivity index (χ4n) is 0.525. The van der Waals surface area contributed by atoms with Crippen LogP contribution in [-0.4, -0.2) is 28.8 Å². The molecule has 0 saturated carbocycles. The molecule has 11 heteroatoms. The first-order chi connectivity index (χ1) is 6.61. The van der Waals surface area contributed by atoms with Crippen molar-refractivity contribution in [3.05, 3.63) is 0 Å². The number of hydrogen-bond acceptors (Lipinski definition) is 4. The van der Waals surface area contributed by atoms with E-state index < -0.39 is 26.0 Å². The molecule has 0 rings (SSSR count). The number of hydrogen-bond donors (Lipinski definition) is 5. The summed E-state index contributed by atoms with van der Waals surface area (Å²) < 4.78 is 29.3. The van der Waals surface area contributed by atoms with Crippen LogP contribution >= 0.6 is 25.3 Å². The summed E-state index contributed by atoms with van der Waals surface area (Å²) in [4.78, 5) is 19.3. The molecule has 0 aliphatic heterocycles. The predicted molar refractivity (Wildman–Crippen MR) is 62.8 cm³/mol. The van der Waals surface area contributed by atoms with Crippen molar-refractivity contribution >= 4 is 45.9 Å². The molecule has 0 spiro atoms. The number of nitrogens with two attached hydrogens (primary N) is 1. The molecular formula is C5H13N2NaO5S3. The van der Waals surface area contributed by atoms with E-state index in [4.69, 9.17) is 9.35 Å². The molecule has 0 aromatic heterocycles. The number of primary amides is 1. The van der Waals surface area contributed by atoms with Crippen molar-refractivity contribution in [3.63, 3.8) is 0 Å². The minimum Gasteiger partial charge on any atom is -1.00 e. The van der Waals surface area contributed by atoms with E-state index in [1.165, 1.54) is 6.92 Å². The van der Waals surface area contributed by atoms with E-state index in [2.05, 4.69) is 31.0 Å². The molecule has 0 aliphatic rings. The standard InChI is InChI=1S/C4H9NO4S2.CH3NOS.Na.H/c1-2-3(5-4(6)10)11(7,8)9;2-1(3)4;;/h3H,2H2,1H3,(H2,5,6,10)(H,7,8,9);(H3,2,3,4);;/q;;+1;-1. The van der Waals surface area contributed by atoms with E-state index in [-0.39, 0.29) is 37.4 Å². The first-order valence-corrected chi connectivity index (χ1v) is 5.95. The van der Waals surface area contributed by atoms with E-state index in [1.807, 2.05) is 5.32 Å². The van der Waals surface area contributed by atoms with Crippen LogP contribution in [-0.2, 0) is 10.1 Å². The molecule has 2 amide bonds. The van der Waals surface area contributed by atoms with Gasteiger partial charge in [0.15, 0.2) is 5.37 Å². The number of nitrogens with one attached hydrogen (secondary N) is 1. The van der Waals surface area contributed by atoms with Gasteiger partial charge in [0.1, 0.15) is 0 Å². The molecule has 0 saturated heterocycles. The largest absolute Gasteiger partial charge is 1.00 e. The Hall–Kier alpha value is 0.550. The number of thiol groups is 2. The van der Waals surface area contributed by atoms with Crippen molar-refractivity contribution in [1.29, 1.82) is 0 Å². The summed E-state index contributed by atoms with van der Waals surface area (Å²) >= 11 is 6.40. The van der Waals surface area contributed by atoms with Gasteiger partial charge in [-0.1, -0.05) is 32.2 Å². The summed E-state index contributed by atoms with van der Waals surface area (Å²) in [6.07, 6.45) is 0.102. The molecule has 0 aromatic carbocycles. The molecule has 92 valence electrons. The average molecular weight is 300 g/mol. The Bertz CT molecular complexity index is 322. The topological polar surface area (TPSA) is 127 Å². The van der Waals surface area contributed by atoms with Crippen molar-refractivity contribution in [3.8, 4) is 0 Å². The SMILES string of the molecule is CCC(NC(=O)S)S(=O)(=O)O.NC(=O)S.[H-].[Na+]. The number of rotatable bonds is 3. The maximum Gasteiger partial charge on any atom is 1.00 e. The quantitative estimate of drug-likeness (QED) is 0.221. The summed E-state index contributed by atoms with van der Waals surface area (Å²) in [5.74, 6) is 0. The van der Waals surface area contributed by atoms with Crippen LogP contribution in [0, 0.1) is 0 Å². The molecule has 0 bridgehead atoms. The second kappa shape index (κ2) is 10.7. The summed E-state index contributed by atoms with van der Waals surface area (Å²) in [5.41, 5.74) is 4.34. The molecule has 7 nitrogen and oxygen atoms in total. The van der Waals surface area contributed by atoms with Crippen molar-refractivity contribution in [2.75, 3.05) is 0 Å². The molecule has 0 fully saturated rings. The molecule has 0 radical (unpaired) electrons. The van der Waals surface area contributed by atoms with Crippen molar-refractivity contribution in [2.24, 2.45) is 5.73 Å². The van der Waals surface area contributed by atoms with E-state index in [1.54, 1.807) is 0 Å². The number of amides is 2. The summed E-state index contributed by atoms with van der Waals surface area (Å²) in [5, 5.41) is -0.722. The second-order valence-corrected chi connectivity index (χ2v) is 4.65. The number of carbonyl (C=O) groups is 2. The Balaban J connectivity index is -0.000000123. The van der Waals surface area contributed by atoms with Crippen LogP contribution in [0.3, 0.4) is 0 Å². The maximum atomic E-state index is 10.4. The zero-order chi connectivity index (χ0) is 12.6. The Morgan fingerprint density at radius 2 is 1.81 bits per heavy atom. The normalized spacial score (nSPS) is 11.2. The van der Waals surface area contributed by atoms with E-state index in [9.17, 15) is 13.2 Å². The van der Waals surface area contributed by atoms with Crippen molar-refractivity contribution in [1.82, 2.24) is 5.32 Å². The average Bonchev–Trinajstić information content (AvgIpc) is 1.96. The fraction of sp³-hybridized carbons (Fsp3) is 0.600. The second-order valence-electron chi connectivity index (χ2n) is 2.20. The van der Waals surface area contributed by atoms with Crippen LogP contribution in [0.2, 0.25) is 0 Å². The molecule has 1 unspecified atom stereocenters. The van der Waals surface area contributed by atoms with Crippen LogP contribution in [0.15, 0.2) is 0 Å². The fourth-order valence-corrected chi connectivity index (χ4v) is 1.45. The van der Waals surface area contributed by atoms with Gasteiger partial charge in [-0.25, -0.2) is 0 Å². The smallest absolute Gasteiger partial charge is 1.00 e. The van der Waals surface area contributed by atoms with Gasteiger partial charge >= 0.3 is 29.6 Å².